The van der Waals surface area contributed by atoms with Crippen LogP contribution in [0.15, 0.2) is 17.3 Å². The molecule has 0 unspecified atom stereocenters. The van der Waals surface area contributed by atoms with Crippen LogP contribution in [0.3, 0.4) is 0 Å². The number of carbonyl (C=O) groups excluding carboxylic acids is 1. The van der Waals surface area contributed by atoms with Crippen LogP contribution in [0, 0.1) is 0 Å². The Morgan fingerprint density at radius 1 is 1.54 bits per heavy atom. The summed E-state index contributed by atoms with van der Waals surface area (Å²) >= 11 is 0. The number of aliphatic imine (C=N–C) groups is 1. The normalized spacial score (nSPS) is 16.1. The van der Waals surface area contributed by atoms with Crippen molar-refractivity contribution in [3.63, 3.8) is 0 Å². The topological polar surface area (TPSA) is 41.9 Å². The molecular weight excluding hydrogens is 189 g/mol. The fourth-order valence-corrected chi connectivity index (χ4v) is 0.588. The summed E-state index contributed by atoms with van der Waals surface area (Å²) in [6.45, 7) is -0.127. The summed E-state index contributed by atoms with van der Waals surface area (Å²) in [5, 5.41) is 0.690. The minimum absolute atomic E-state index is 0.127. The second kappa shape index (κ2) is 3.46. The highest BCUT2D eigenvalue weighted by molar-refractivity contribution is 5.75. The van der Waals surface area contributed by atoms with Gasteiger partial charge in [0.25, 0.3) is 0 Å². The maximum Gasteiger partial charge on any atom is 0.493 e. The van der Waals surface area contributed by atoms with Gasteiger partial charge >= 0.3 is 12.1 Å². The Hall–Kier alpha value is -1.53. The number of nitrogens with zero attached hydrogens (tertiary/aromatic N) is 2. The van der Waals surface area contributed by atoms with Crippen molar-refractivity contribution in [1.29, 1.82) is 0 Å². The summed E-state index contributed by atoms with van der Waals surface area (Å²) in [5.74, 6) is -2.26. The molecule has 13 heavy (non-hydrogen) atoms. The van der Waals surface area contributed by atoms with Crippen LogP contribution < -0.4 is 0 Å². The van der Waals surface area contributed by atoms with Gasteiger partial charge in [-0.1, -0.05) is 0 Å². The van der Waals surface area contributed by atoms with Crippen molar-refractivity contribution < 1.29 is 22.8 Å². The zero-order valence-corrected chi connectivity index (χ0v) is 6.28. The van der Waals surface area contributed by atoms with Gasteiger partial charge in [0.05, 0.1) is 0 Å². The lowest BCUT2D eigenvalue weighted by Gasteiger charge is -2.18. The summed E-state index contributed by atoms with van der Waals surface area (Å²) in [6, 6.07) is 0. The van der Waals surface area contributed by atoms with Crippen LogP contribution in [0.2, 0.25) is 0 Å². The van der Waals surface area contributed by atoms with Gasteiger partial charge in [-0.15, -0.1) is 0 Å². The number of halogens is 3. The lowest BCUT2D eigenvalue weighted by Crippen LogP contribution is -2.33. The Balaban J connectivity index is 2.46. The molecule has 1 heterocycles. The van der Waals surface area contributed by atoms with E-state index < -0.39 is 12.1 Å². The molecule has 0 aromatic rings. The highest BCUT2D eigenvalue weighted by Crippen LogP contribution is 2.17. The third-order valence-corrected chi connectivity index (χ3v) is 1.10. The first-order chi connectivity index (χ1) is 6.00. The molecule has 0 spiro atoms. The summed E-state index contributed by atoms with van der Waals surface area (Å²) in [6.07, 6.45) is -1.06. The third kappa shape index (κ3) is 2.77. The molecule has 0 bridgehead atoms. The molecule has 0 aromatic carbocycles. The number of hydrogen-bond donors (Lipinski definition) is 0. The van der Waals surface area contributed by atoms with Crippen LogP contribution in [-0.2, 0) is 9.63 Å². The van der Waals surface area contributed by atoms with E-state index >= 15 is 0 Å². The smallest absolute Gasteiger partial charge is 0.331 e. The minimum Gasteiger partial charge on any atom is -0.331 e. The zero-order chi connectivity index (χ0) is 9.90. The largest absolute Gasteiger partial charge is 0.493 e. The quantitative estimate of drug-likeness (QED) is 0.621. The van der Waals surface area contributed by atoms with Crippen molar-refractivity contribution in [2.24, 2.45) is 4.99 Å². The molecule has 0 aromatic heterocycles. The van der Waals surface area contributed by atoms with Crippen molar-refractivity contribution in [1.82, 2.24) is 5.06 Å². The minimum atomic E-state index is -4.98. The Morgan fingerprint density at radius 2 is 2.23 bits per heavy atom. The molecular formula is C6H5F3N2O2. The van der Waals surface area contributed by atoms with E-state index in [1.807, 2.05) is 0 Å². The van der Waals surface area contributed by atoms with E-state index in [1.165, 1.54) is 18.5 Å². The van der Waals surface area contributed by atoms with E-state index in [1.54, 1.807) is 0 Å². The third-order valence-electron chi connectivity index (χ3n) is 1.10. The van der Waals surface area contributed by atoms with Gasteiger partial charge in [-0.25, -0.2) is 4.79 Å². The van der Waals surface area contributed by atoms with Crippen LogP contribution in [0.1, 0.15) is 0 Å². The van der Waals surface area contributed by atoms with Gasteiger partial charge in [0, 0.05) is 12.4 Å². The average Bonchev–Trinajstić information content (AvgIpc) is 2.04. The first-order valence-corrected chi connectivity index (χ1v) is 3.22. The number of alkyl halides is 3. The number of hydroxylamine groups is 2. The number of carbonyl (C=O) groups is 1. The summed E-state index contributed by atoms with van der Waals surface area (Å²) in [5.41, 5.74) is 0. The predicted octanol–water partition coefficient (Wildman–Crippen LogP) is 0.864. The fourth-order valence-electron chi connectivity index (χ4n) is 0.588. The van der Waals surface area contributed by atoms with Crippen molar-refractivity contribution in [2.45, 2.75) is 6.18 Å². The van der Waals surface area contributed by atoms with Crippen LogP contribution in [0.4, 0.5) is 13.2 Å². The first-order valence-electron chi connectivity index (χ1n) is 3.22. The first kappa shape index (κ1) is 9.56. The van der Waals surface area contributed by atoms with Gasteiger partial charge in [0.1, 0.15) is 6.67 Å². The van der Waals surface area contributed by atoms with Crippen LogP contribution >= 0.6 is 0 Å². The molecule has 1 rings (SSSR count). The number of hydrogen-bond acceptors (Lipinski definition) is 4. The van der Waals surface area contributed by atoms with E-state index in [4.69, 9.17) is 0 Å². The second-order valence-corrected chi connectivity index (χ2v) is 2.11. The molecule has 0 saturated carbocycles. The summed E-state index contributed by atoms with van der Waals surface area (Å²) in [7, 11) is 0. The van der Waals surface area contributed by atoms with Gasteiger partial charge in [-0.05, 0) is 6.08 Å². The fraction of sp³-hybridized carbons (Fsp3) is 0.333. The van der Waals surface area contributed by atoms with Crippen LogP contribution in [0.25, 0.3) is 0 Å². The lowest BCUT2D eigenvalue weighted by atomic mass is 10.6. The number of rotatable bonds is 1. The van der Waals surface area contributed by atoms with E-state index in [0.29, 0.717) is 5.06 Å². The summed E-state index contributed by atoms with van der Waals surface area (Å²) in [4.78, 5) is 17.7. The molecule has 4 nitrogen and oxygen atoms in total. The summed E-state index contributed by atoms with van der Waals surface area (Å²) < 4.78 is 34.9. The van der Waals surface area contributed by atoms with Crippen LogP contribution in [-0.4, -0.2) is 30.1 Å². The SMILES string of the molecule is O=C(ON1C=CC=NC1)C(F)(F)F. The van der Waals surface area contributed by atoms with E-state index in [2.05, 4.69) is 9.83 Å². The maximum atomic E-state index is 11.6. The monoisotopic (exact) mass is 194 g/mol. The van der Waals surface area contributed by atoms with Gasteiger partial charge in [0.2, 0.25) is 0 Å². The molecule has 0 aliphatic carbocycles. The Bertz CT molecular complexity index is 259. The van der Waals surface area contributed by atoms with E-state index in [9.17, 15) is 18.0 Å². The molecule has 0 N–H and O–H groups in total. The van der Waals surface area contributed by atoms with Crippen molar-refractivity contribution in [3.05, 3.63) is 12.3 Å². The maximum absolute atomic E-state index is 11.6. The van der Waals surface area contributed by atoms with E-state index in [-0.39, 0.29) is 6.67 Å². The Labute approximate surface area is 71.2 Å². The second-order valence-electron chi connectivity index (χ2n) is 2.11. The van der Waals surface area contributed by atoms with Crippen molar-refractivity contribution in [2.75, 3.05) is 6.67 Å². The molecule has 72 valence electrons. The van der Waals surface area contributed by atoms with E-state index in [0.717, 1.165) is 0 Å². The highest BCUT2D eigenvalue weighted by Gasteiger charge is 2.42. The van der Waals surface area contributed by atoms with Crippen molar-refractivity contribution >= 4 is 12.2 Å². The van der Waals surface area contributed by atoms with Gasteiger partial charge in [-0.2, -0.15) is 18.2 Å². The standard InChI is InChI=1S/C6H5F3N2O2/c7-6(8,9)5(12)13-11-3-1-2-10-4-11/h1-3H,4H2. The molecule has 1 aliphatic rings. The molecule has 0 fully saturated rings. The Morgan fingerprint density at radius 3 is 2.69 bits per heavy atom. The molecule has 1 aliphatic heterocycles. The predicted molar refractivity (Wildman–Crippen MR) is 36.5 cm³/mol. The lowest BCUT2D eigenvalue weighted by molar-refractivity contribution is -0.229. The van der Waals surface area contributed by atoms with Gasteiger partial charge in [-0.3, -0.25) is 4.99 Å². The van der Waals surface area contributed by atoms with Crippen LogP contribution in [0.5, 0.6) is 0 Å². The van der Waals surface area contributed by atoms with Crippen molar-refractivity contribution in [3.8, 4) is 0 Å². The molecule has 0 amide bonds. The average molecular weight is 194 g/mol. The highest BCUT2D eigenvalue weighted by atomic mass is 19.4. The van der Waals surface area contributed by atoms with Gasteiger partial charge < -0.3 is 4.84 Å². The Kier molecular flexibility index (Phi) is 2.54. The van der Waals surface area contributed by atoms with Gasteiger partial charge in [0.15, 0.2) is 0 Å². The molecule has 0 radical (unpaired) electrons. The zero-order valence-electron chi connectivity index (χ0n) is 6.28. The molecule has 7 heteroatoms. The molecule has 0 saturated heterocycles. The number of allylic oxidation sites excluding steroid dienone is 1. The molecule has 0 atom stereocenters.